The number of hydrogen-bond donors (Lipinski definition) is 0. The van der Waals surface area contributed by atoms with E-state index in [1.165, 1.54) is 6.42 Å². The van der Waals surface area contributed by atoms with Crippen molar-refractivity contribution in [1.29, 1.82) is 0 Å². The molecule has 4 nitrogen and oxygen atoms in total. The minimum absolute atomic E-state index is 0.282. The molecule has 0 heterocycles. The summed E-state index contributed by atoms with van der Waals surface area (Å²) in [7, 11) is -0.651. The summed E-state index contributed by atoms with van der Waals surface area (Å²) in [4.78, 5) is 0. The smallest absolute Gasteiger partial charge is 0.205 e. The van der Waals surface area contributed by atoms with Crippen molar-refractivity contribution in [2.75, 3.05) is 13.7 Å². The van der Waals surface area contributed by atoms with Crippen LogP contribution in [-0.4, -0.2) is 34.2 Å². The number of hydrogen-bond acceptors (Lipinski definition) is 4. The zero-order valence-corrected chi connectivity index (χ0v) is 25.5. The van der Waals surface area contributed by atoms with Gasteiger partial charge in [0, 0.05) is 0 Å². The lowest BCUT2D eigenvalue weighted by atomic mass is 10.2. The SMILES string of the molecule is C=C[C@H](O[Si](C(C)C)(C(C)C)[C@H](C=C)CCCC)[C@H](COCc1ccc(OC)cc1)OCc1ccccc1. The van der Waals surface area contributed by atoms with E-state index in [1.807, 2.05) is 48.5 Å². The first-order chi connectivity index (χ1) is 18.3. The second kappa shape index (κ2) is 16.7. The van der Waals surface area contributed by atoms with Crippen LogP contribution in [0, 0.1) is 0 Å². The molecule has 2 aromatic rings. The van der Waals surface area contributed by atoms with E-state index in [4.69, 9.17) is 18.6 Å². The third kappa shape index (κ3) is 8.94. The molecule has 0 aliphatic rings. The highest BCUT2D eigenvalue weighted by Crippen LogP contribution is 2.46. The van der Waals surface area contributed by atoms with Crippen LogP contribution in [0.15, 0.2) is 79.9 Å². The second-order valence-corrected chi connectivity index (χ2v) is 15.7. The lowest BCUT2D eigenvalue weighted by molar-refractivity contribution is -0.0720. The quantitative estimate of drug-likeness (QED) is 0.132. The van der Waals surface area contributed by atoms with Gasteiger partial charge >= 0.3 is 0 Å². The zero-order chi connectivity index (χ0) is 28.0. The van der Waals surface area contributed by atoms with Crippen molar-refractivity contribution in [2.45, 2.75) is 95.9 Å². The van der Waals surface area contributed by atoms with Crippen molar-refractivity contribution in [2.24, 2.45) is 0 Å². The Labute approximate surface area is 233 Å². The molecule has 2 aromatic carbocycles. The summed E-state index contributed by atoms with van der Waals surface area (Å²) < 4.78 is 25.3. The third-order valence-electron chi connectivity index (χ3n) is 7.49. The number of ether oxygens (including phenoxy) is 3. The van der Waals surface area contributed by atoms with Gasteiger partial charge in [0.15, 0.2) is 0 Å². The number of rotatable bonds is 19. The molecule has 0 unspecified atom stereocenters. The Kier molecular flexibility index (Phi) is 14.1. The van der Waals surface area contributed by atoms with Gasteiger partial charge in [-0.05, 0) is 46.3 Å². The standard InChI is InChI=1S/C33H50O4Si/c1-9-12-18-31(10-2)38(26(4)5,27(6)7)37-32(11-3)33(36-24-28-16-14-13-15-17-28)25-35-23-29-19-21-30(34-8)22-20-29/h10-11,13-17,19-22,26-27,31-33H,2-3,9,12,18,23-25H2,1,4-8H3/t31-,32+,33+/m1/s1. The molecule has 0 spiro atoms. The molecule has 0 fully saturated rings. The summed E-state index contributed by atoms with van der Waals surface area (Å²) in [6.45, 7) is 21.3. The number of benzene rings is 2. The number of methoxy groups -OCH3 is 1. The second-order valence-electron chi connectivity index (χ2n) is 10.7. The van der Waals surface area contributed by atoms with E-state index in [9.17, 15) is 0 Å². The highest BCUT2D eigenvalue weighted by Gasteiger charge is 2.49. The van der Waals surface area contributed by atoms with Crippen molar-refractivity contribution in [3.63, 3.8) is 0 Å². The van der Waals surface area contributed by atoms with Crippen LogP contribution in [0.25, 0.3) is 0 Å². The van der Waals surface area contributed by atoms with E-state index in [0.29, 0.717) is 36.4 Å². The van der Waals surface area contributed by atoms with E-state index in [0.717, 1.165) is 29.7 Å². The first-order valence-electron chi connectivity index (χ1n) is 14.1. The summed E-state index contributed by atoms with van der Waals surface area (Å²) in [5, 5.41) is 0. The van der Waals surface area contributed by atoms with E-state index >= 15 is 0 Å². The summed E-state index contributed by atoms with van der Waals surface area (Å²) in [6.07, 6.45) is 6.95. The maximum atomic E-state index is 7.27. The predicted octanol–water partition coefficient (Wildman–Crippen LogP) is 8.88. The highest BCUT2D eigenvalue weighted by atomic mass is 28.4. The van der Waals surface area contributed by atoms with Crippen LogP contribution in [0.5, 0.6) is 5.75 Å². The lowest BCUT2D eigenvalue weighted by Crippen LogP contribution is -2.53. The first-order valence-corrected chi connectivity index (χ1v) is 16.2. The average Bonchev–Trinajstić information content (AvgIpc) is 2.93. The minimum atomic E-state index is -2.32. The van der Waals surface area contributed by atoms with E-state index in [1.54, 1.807) is 7.11 Å². The molecule has 0 aliphatic carbocycles. The Hall–Kier alpha value is -2.18. The van der Waals surface area contributed by atoms with Gasteiger partial charge in [0.2, 0.25) is 8.32 Å². The number of unbranched alkanes of at least 4 members (excludes halogenated alkanes) is 1. The predicted molar refractivity (Wildman–Crippen MR) is 162 cm³/mol. The van der Waals surface area contributed by atoms with Crippen LogP contribution >= 0.6 is 0 Å². The van der Waals surface area contributed by atoms with Gasteiger partial charge in [-0.25, -0.2) is 0 Å². The Morgan fingerprint density at radius 2 is 1.47 bits per heavy atom. The number of allylic oxidation sites excluding steroid dienone is 1. The average molecular weight is 539 g/mol. The molecule has 0 radical (unpaired) electrons. The van der Waals surface area contributed by atoms with Crippen LogP contribution in [-0.2, 0) is 27.1 Å². The maximum Gasteiger partial charge on any atom is 0.205 e. The Morgan fingerprint density at radius 1 is 0.842 bits per heavy atom. The van der Waals surface area contributed by atoms with Crippen molar-refractivity contribution < 1.29 is 18.6 Å². The van der Waals surface area contributed by atoms with E-state index in [-0.39, 0.29) is 12.2 Å². The molecule has 2 rings (SSSR count). The maximum absolute atomic E-state index is 7.27. The van der Waals surface area contributed by atoms with Crippen LogP contribution in [0.1, 0.15) is 65.0 Å². The topological polar surface area (TPSA) is 36.9 Å². The molecule has 0 aliphatic heterocycles. The van der Waals surface area contributed by atoms with Crippen molar-refractivity contribution >= 4 is 8.32 Å². The van der Waals surface area contributed by atoms with E-state index < -0.39 is 8.32 Å². The molecular formula is C33H50O4Si. The van der Waals surface area contributed by atoms with Gasteiger partial charge in [-0.3, -0.25) is 0 Å². The van der Waals surface area contributed by atoms with Gasteiger partial charge in [-0.15, -0.1) is 13.2 Å². The van der Waals surface area contributed by atoms with Crippen LogP contribution < -0.4 is 4.74 Å². The molecule has 5 heteroatoms. The molecule has 38 heavy (non-hydrogen) atoms. The highest BCUT2D eigenvalue weighted by molar-refractivity contribution is 6.78. The van der Waals surface area contributed by atoms with E-state index in [2.05, 4.69) is 66.0 Å². The third-order valence-corrected chi connectivity index (χ3v) is 13.5. The normalized spacial score (nSPS) is 14.3. The van der Waals surface area contributed by atoms with Gasteiger partial charge in [0.1, 0.15) is 11.9 Å². The summed E-state index contributed by atoms with van der Waals surface area (Å²) >= 11 is 0. The molecule has 0 saturated carbocycles. The molecule has 0 aromatic heterocycles. The van der Waals surface area contributed by atoms with Crippen molar-refractivity contribution in [3.05, 3.63) is 91.0 Å². The fourth-order valence-electron chi connectivity index (χ4n) is 5.38. The molecule has 0 saturated heterocycles. The molecule has 0 bridgehead atoms. The molecule has 210 valence electrons. The minimum Gasteiger partial charge on any atom is -0.497 e. The largest absolute Gasteiger partial charge is 0.497 e. The fraction of sp³-hybridized carbons (Fsp3) is 0.515. The van der Waals surface area contributed by atoms with Gasteiger partial charge in [0.05, 0.1) is 33.0 Å². The lowest BCUT2D eigenvalue weighted by Gasteiger charge is -2.46. The first kappa shape index (κ1) is 32.0. The van der Waals surface area contributed by atoms with Crippen molar-refractivity contribution in [1.82, 2.24) is 0 Å². The molecule has 3 atom stereocenters. The summed E-state index contributed by atoms with van der Waals surface area (Å²) in [6, 6.07) is 18.2. The van der Waals surface area contributed by atoms with Crippen LogP contribution in [0.2, 0.25) is 16.6 Å². The summed E-state index contributed by atoms with van der Waals surface area (Å²) in [5.74, 6) is 0.835. The van der Waals surface area contributed by atoms with Gasteiger partial charge in [-0.1, -0.05) is 102 Å². The molecule has 0 N–H and O–H groups in total. The fourth-order valence-corrected chi connectivity index (χ4v) is 10.9. The Balaban J connectivity index is 2.29. The molecule has 0 amide bonds. The van der Waals surface area contributed by atoms with Crippen molar-refractivity contribution in [3.8, 4) is 5.75 Å². The monoisotopic (exact) mass is 538 g/mol. The Bertz CT molecular complexity index is 918. The zero-order valence-electron chi connectivity index (χ0n) is 24.5. The van der Waals surface area contributed by atoms with Crippen LogP contribution in [0.3, 0.4) is 0 Å². The van der Waals surface area contributed by atoms with Gasteiger partial charge in [0.25, 0.3) is 0 Å². The summed E-state index contributed by atoms with van der Waals surface area (Å²) in [5.41, 5.74) is 3.40. The van der Waals surface area contributed by atoms with Crippen LogP contribution in [0.4, 0.5) is 0 Å². The Morgan fingerprint density at radius 3 is 2.00 bits per heavy atom. The molecular weight excluding hydrogens is 488 g/mol. The van der Waals surface area contributed by atoms with Gasteiger partial charge in [-0.2, -0.15) is 0 Å². The van der Waals surface area contributed by atoms with Gasteiger partial charge < -0.3 is 18.6 Å².